The van der Waals surface area contributed by atoms with Crippen molar-refractivity contribution in [3.8, 4) is 5.95 Å². The van der Waals surface area contributed by atoms with E-state index in [0.717, 1.165) is 0 Å². The number of halogens is 1. The Morgan fingerprint density at radius 2 is 2.00 bits per heavy atom. The Kier molecular flexibility index (Phi) is 3.18. The average Bonchev–Trinajstić information content (AvgIpc) is 2.95. The van der Waals surface area contributed by atoms with E-state index in [9.17, 15) is 4.79 Å². The lowest BCUT2D eigenvalue weighted by Gasteiger charge is -2.31. The number of likely N-dealkylation sites (N-methyl/N-ethyl adjacent to an activating group) is 1. The van der Waals surface area contributed by atoms with Crippen LogP contribution in [0.15, 0.2) is 12.7 Å². The summed E-state index contributed by atoms with van der Waals surface area (Å²) >= 11 is 5.91. The number of amides is 1. The summed E-state index contributed by atoms with van der Waals surface area (Å²) in [5.41, 5.74) is 0. The number of carbonyl (C=O) groups is 1. The Morgan fingerprint density at radius 3 is 2.70 bits per heavy atom. The number of hydrogen-bond acceptors (Lipinski definition) is 7. The van der Waals surface area contributed by atoms with Crippen molar-refractivity contribution < 1.29 is 4.79 Å². The summed E-state index contributed by atoms with van der Waals surface area (Å²) in [6.07, 6.45) is 2.83. The van der Waals surface area contributed by atoms with Crippen molar-refractivity contribution >= 4 is 23.5 Å². The van der Waals surface area contributed by atoms with Gasteiger partial charge in [0.1, 0.15) is 12.7 Å². The highest BCUT2D eigenvalue weighted by molar-refractivity contribution is 6.28. The Labute approximate surface area is 119 Å². The van der Waals surface area contributed by atoms with Gasteiger partial charge in [0.2, 0.25) is 17.1 Å². The quantitative estimate of drug-likeness (QED) is 0.729. The zero-order valence-corrected chi connectivity index (χ0v) is 11.4. The molecule has 2 aromatic rings. The fourth-order valence-electron chi connectivity index (χ4n) is 1.81. The van der Waals surface area contributed by atoms with E-state index in [1.54, 1.807) is 16.8 Å². The summed E-state index contributed by atoms with van der Waals surface area (Å²) in [5.74, 6) is 0.635. The Morgan fingerprint density at radius 1 is 1.20 bits per heavy atom. The highest BCUT2D eigenvalue weighted by Gasteiger charge is 2.24. The summed E-state index contributed by atoms with van der Waals surface area (Å²) in [6, 6.07) is 0. The largest absolute Gasteiger partial charge is 0.342 e. The molecule has 0 unspecified atom stereocenters. The predicted octanol–water partition coefficient (Wildman–Crippen LogP) is -0.616. The van der Waals surface area contributed by atoms with E-state index in [2.05, 4.69) is 25.0 Å². The van der Waals surface area contributed by atoms with Gasteiger partial charge in [-0.25, -0.2) is 4.98 Å². The van der Waals surface area contributed by atoms with Crippen molar-refractivity contribution in [2.45, 2.75) is 0 Å². The van der Waals surface area contributed by atoms with E-state index >= 15 is 0 Å². The molecule has 20 heavy (non-hydrogen) atoms. The van der Waals surface area contributed by atoms with Crippen LogP contribution in [0.1, 0.15) is 0 Å². The summed E-state index contributed by atoms with van der Waals surface area (Å²) in [7, 11) is 1.76. The minimum atomic E-state index is 0.00934. The van der Waals surface area contributed by atoms with Crippen LogP contribution in [-0.4, -0.2) is 67.2 Å². The zero-order valence-electron chi connectivity index (χ0n) is 10.6. The van der Waals surface area contributed by atoms with Crippen molar-refractivity contribution in [3.63, 3.8) is 0 Å². The molecule has 0 saturated carbocycles. The number of hydrogen-bond donors (Lipinski definition) is 0. The second-order valence-electron chi connectivity index (χ2n) is 4.28. The molecule has 3 rings (SSSR count). The first-order valence-corrected chi connectivity index (χ1v) is 6.27. The highest BCUT2D eigenvalue weighted by Crippen LogP contribution is 2.15. The number of carbonyl (C=O) groups excluding carboxylic acids is 1. The van der Waals surface area contributed by atoms with Gasteiger partial charge in [-0.05, 0) is 11.6 Å². The van der Waals surface area contributed by atoms with Crippen LogP contribution in [0, 0.1) is 0 Å². The Balaban J connectivity index is 1.92. The van der Waals surface area contributed by atoms with Crippen molar-refractivity contribution in [2.75, 3.05) is 31.6 Å². The maximum atomic E-state index is 11.7. The maximum Gasteiger partial charge on any atom is 0.258 e. The van der Waals surface area contributed by atoms with Gasteiger partial charge in [0, 0.05) is 20.1 Å². The van der Waals surface area contributed by atoms with Gasteiger partial charge >= 0.3 is 0 Å². The lowest BCUT2D eigenvalue weighted by Crippen LogP contribution is -2.49. The van der Waals surface area contributed by atoms with Crippen LogP contribution >= 0.6 is 11.6 Å². The van der Waals surface area contributed by atoms with Gasteiger partial charge in [-0.1, -0.05) is 0 Å². The van der Waals surface area contributed by atoms with Crippen molar-refractivity contribution in [2.24, 2.45) is 0 Å². The van der Waals surface area contributed by atoms with E-state index < -0.39 is 0 Å². The summed E-state index contributed by atoms with van der Waals surface area (Å²) < 4.78 is 1.38. The van der Waals surface area contributed by atoms with E-state index in [4.69, 9.17) is 11.6 Å². The summed E-state index contributed by atoms with van der Waals surface area (Å²) in [5, 5.41) is 3.99. The van der Waals surface area contributed by atoms with Gasteiger partial charge in [-0.3, -0.25) is 4.79 Å². The fraction of sp³-hybridized carbons (Fsp3) is 0.400. The maximum absolute atomic E-state index is 11.7. The standard InChI is InChI=1S/C10H11ClN8O/c1-17-2-3-18(4-7(17)20)9-14-8(11)15-10(16-9)19-6-12-5-13-19/h5-6H,2-4H2,1H3. The number of nitrogens with zero attached hydrogens (tertiary/aromatic N) is 8. The second-order valence-corrected chi connectivity index (χ2v) is 4.62. The molecule has 0 N–H and O–H groups in total. The van der Waals surface area contributed by atoms with Crippen LogP contribution in [0.4, 0.5) is 5.95 Å². The first-order valence-electron chi connectivity index (χ1n) is 5.89. The molecule has 1 aliphatic rings. The van der Waals surface area contributed by atoms with Gasteiger partial charge in [-0.15, -0.1) is 0 Å². The highest BCUT2D eigenvalue weighted by atomic mass is 35.5. The van der Waals surface area contributed by atoms with Gasteiger partial charge < -0.3 is 9.80 Å². The molecule has 0 aliphatic carbocycles. The van der Waals surface area contributed by atoms with E-state index in [1.807, 2.05) is 0 Å². The number of rotatable bonds is 2. The van der Waals surface area contributed by atoms with E-state index in [-0.39, 0.29) is 23.7 Å². The topological polar surface area (TPSA) is 92.9 Å². The van der Waals surface area contributed by atoms with Crippen molar-refractivity contribution in [3.05, 3.63) is 17.9 Å². The van der Waals surface area contributed by atoms with Crippen molar-refractivity contribution in [1.82, 2.24) is 34.6 Å². The van der Waals surface area contributed by atoms with Gasteiger partial charge in [0.25, 0.3) is 5.95 Å². The number of anilines is 1. The molecule has 2 aromatic heterocycles. The van der Waals surface area contributed by atoms with Crippen LogP contribution in [-0.2, 0) is 4.79 Å². The normalized spacial score (nSPS) is 15.8. The van der Waals surface area contributed by atoms with Crippen LogP contribution in [0.3, 0.4) is 0 Å². The molecular formula is C10H11ClN8O. The molecule has 1 fully saturated rings. The minimum absolute atomic E-state index is 0.00934. The van der Waals surface area contributed by atoms with E-state index in [1.165, 1.54) is 17.3 Å². The SMILES string of the molecule is CN1CCN(c2nc(Cl)nc(-n3cncn3)n2)CC1=O. The molecule has 3 heterocycles. The molecular weight excluding hydrogens is 284 g/mol. The average molecular weight is 295 g/mol. The van der Waals surface area contributed by atoms with Crippen LogP contribution in [0.25, 0.3) is 5.95 Å². The smallest absolute Gasteiger partial charge is 0.258 e. The van der Waals surface area contributed by atoms with Gasteiger partial charge in [0.05, 0.1) is 6.54 Å². The number of aromatic nitrogens is 6. The molecule has 9 nitrogen and oxygen atoms in total. The molecule has 1 aliphatic heterocycles. The van der Waals surface area contributed by atoms with Gasteiger partial charge in [-0.2, -0.15) is 24.7 Å². The van der Waals surface area contributed by atoms with Gasteiger partial charge in [0.15, 0.2) is 0 Å². The summed E-state index contributed by atoms with van der Waals surface area (Å²) in [6.45, 7) is 1.47. The van der Waals surface area contributed by atoms with Crippen LogP contribution < -0.4 is 4.90 Å². The molecule has 0 spiro atoms. The molecule has 0 bridgehead atoms. The fourth-order valence-corrected chi connectivity index (χ4v) is 1.97. The lowest BCUT2D eigenvalue weighted by molar-refractivity contribution is -0.129. The van der Waals surface area contributed by atoms with Crippen LogP contribution in [0.5, 0.6) is 0 Å². The van der Waals surface area contributed by atoms with E-state index in [0.29, 0.717) is 19.0 Å². The molecule has 1 amide bonds. The molecule has 0 radical (unpaired) electrons. The molecule has 104 valence electrons. The molecule has 1 saturated heterocycles. The predicted molar refractivity (Wildman–Crippen MR) is 69.6 cm³/mol. The molecule has 0 aromatic carbocycles. The summed E-state index contributed by atoms with van der Waals surface area (Å²) in [4.78, 5) is 31.3. The lowest BCUT2D eigenvalue weighted by atomic mass is 10.3. The number of piperazine rings is 1. The monoisotopic (exact) mass is 294 g/mol. The molecule has 0 atom stereocenters. The van der Waals surface area contributed by atoms with Crippen molar-refractivity contribution in [1.29, 1.82) is 0 Å². The van der Waals surface area contributed by atoms with Crippen LogP contribution in [0.2, 0.25) is 5.28 Å². The molecule has 10 heteroatoms. The second kappa shape index (κ2) is 5.00. The minimum Gasteiger partial charge on any atom is -0.342 e. The third kappa shape index (κ3) is 2.39. The first-order chi connectivity index (χ1) is 9.63. The Bertz CT molecular complexity index is 630. The third-order valence-electron chi connectivity index (χ3n) is 2.95. The third-order valence-corrected chi connectivity index (χ3v) is 3.12. The Hall–Kier alpha value is -2.29. The zero-order chi connectivity index (χ0) is 14.1. The first kappa shape index (κ1) is 12.7.